The lowest BCUT2D eigenvalue weighted by molar-refractivity contribution is 0.322. The molecule has 1 aromatic rings. The number of nitrogens with zero attached hydrogens (tertiary/aromatic N) is 2. The molecule has 21 heavy (non-hydrogen) atoms. The van der Waals surface area contributed by atoms with Crippen LogP contribution in [0.2, 0.25) is 0 Å². The molecule has 1 aromatic carbocycles. The Morgan fingerprint density at radius 3 is 2.76 bits per heavy atom. The first-order valence-corrected chi connectivity index (χ1v) is 8.95. The van der Waals surface area contributed by atoms with Crippen LogP contribution in [0.15, 0.2) is 24.3 Å². The van der Waals surface area contributed by atoms with Gasteiger partial charge in [0.2, 0.25) is 10.0 Å². The van der Waals surface area contributed by atoms with E-state index in [0.29, 0.717) is 17.2 Å². The van der Waals surface area contributed by atoms with Crippen LogP contribution in [-0.2, 0) is 15.8 Å². The maximum absolute atomic E-state index is 12.3. The minimum atomic E-state index is -3.41. The number of hydrogen-bond acceptors (Lipinski definition) is 4. The highest BCUT2D eigenvalue weighted by Gasteiger charge is 2.35. The zero-order valence-corrected chi connectivity index (χ0v) is 12.6. The third-order valence-electron chi connectivity index (χ3n) is 4.11. The summed E-state index contributed by atoms with van der Waals surface area (Å²) in [6.07, 6.45) is 3.36. The quantitative estimate of drug-likeness (QED) is 0.887. The van der Waals surface area contributed by atoms with Crippen molar-refractivity contribution in [2.75, 3.05) is 13.1 Å². The molecular formula is C15H19N3O2S. The fourth-order valence-electron chi connectivity index (χ4n) is 2.91. The fraction of sp³-hybridized carbons (Fsp3) is 0.533. The van der Waals surface area contributed by atoms with Crippen molar-refractivity contribution in [2.24, 2.45) is 0 Å². The van der Waals surface area contributed by atoms with Crippen molar-refractivity contribution in [3.63, 3.8) is 0 Å². The summed E-state index contributed by atoms with van der Waals surface area (Å²) in [7, 11) is -3.41. The van der Waals surface area contributed by atoms with Crippen LogP contribution in [0.3, 0.4) is 0 Å². The molecule has 2 aliphatic rings. The Morgan fingerprint density at radius 1 is 1.29 bits per heavy atom. The summed E-state index contributed by atoms with van der Waals surface area (Å²) in [4.78, 5) is 2.37. The van der Waals surface area contributed by atoms with Crippen molar-refractivity contribution in [3.05, 3.63) is 35.4 Å². The molecule has 0 spiro atoms. The van der Waals surface area contributed by atoms with Gasteiger partial charge in [-0.15, -0.1) is 0 Å². The fourth-order valence-corrected chi connectivity index (χ4v) is 4.36. The molecule has 2 fully saturated rings. The first kappa shape index (κ1) is 14.5. The molecule has 1 heterocycles. The number of nitrogens with one attached hydrogen (secondary N) is 1. The van der Waals surface area contributed by atoms with E-state index in [1.54, 1.807) is 24.3 Å². The number of nitriles is 1. The average Bonchev–Trinajstić information content (AvgIpc) is 3.20. The zero-order valence-electron chi connectivity index (χ0n) is 11.8. The maximum Gasteiger partial charge on any atom is 0.216 e. The molecule has 1 aliphatic heterocycles. The molecule has 112 valence electrons. The molecule has 1 saturated heterocycles. The van der Waals surface area contributed by atoms with Gasteiger partial charge >= 0.3 is 0 Å². The second kappa shape index (κ2) is 5.76. The molecule has 0 radical (unpaired) electrons. The second-order valence-corrected chi connectivity index (χ2v) is 7.61. The van der Waals surface area contributed by atoms with Gasteiger partial charge in [0, 0.05) is 25.2 Å². The Bertz CT molecular complexity index is 662. The van der Waals surface area contributed by atoms with Gasteiger partial charge in [-0.05, 0) is 30.9 Å². The van der Waals surface area contributed by atoms with Crippen molar-refractivity contribution < 1.29 is 8.42 Å². The van der Waals surface area contributed by atoms with Gasteiger partial charge in [0.05, 0.1) is 17.4 Å². The van der Waals surface area contributed by atoms with E-state index < -0.39 is 10.0 Å². The number of hydrogen-bond donors (Lipinski definition) is 1. The highest BCUT2D eigenvalue weighted by molar-refractivity contribution is 7.88. The monoisotopic (exact) mass is 305 g/mol. The standard InChI is InChI=1S/C15H19N3O2S/c16-9-12-3-1-2-4-13(12)11-21(19,20)17-14-7-8-18(10-14)15-5-6-15/h1-4,14-15,17H,5-8,10-11H2. The summed E-state index contributed by atoms with van der Waals surface area (Å²) in [5, 5.41) is 9.03. The third-order valence-corrected chi connectivity index (χ3v) is 5.50. The summed E-state index contributed by atoms with van der Waals surface area (Å²) in [6.45, 7) is 1.79. The Labute approximate surface area is 125 Å². The number of sulfonamides is 1. The van der Waals surface area contributed by atoms with Crippen molar-refractivity contribution in [3.8, 4) is 6.07 Å². The Hall–Kier alpha value is -1.42. The minimum absolute atomic E-state index is 0.00449. The molecule has 5 nitrogen and oxygen atoms in total. The first-order valence-electron chi connectivity index (χ1n) is 7.29. The van der Waals surface area contributed by atoms with Crippen molar-refractivity contribution in [1.29, 1.82) is 5.26 Å². The van der Waals surface area contributed by atoms with E-state index in [-0.39, 0.29) is 11.8 Å². The van der Waals surface area contributed by atoms with E-state index in [2.05, 4.69) is 9.62 Å². The average molecular weight is 305 g/mol. The molecule has 1 unspecified atom stereocenters. The summed E-state index contributed by atoms with van der Waals surface area (Å²) in [5.41, 5.74) is 0.985. The summed E-state index contributed by atoms with van der Waals surface area (Å²) in [6, 6.07) is 9.57. The predicted molar refractivity (Wildman–Crippen MR) is 79.9 cm³/mol. The van der Waals surface area contributed by atoms with Gasteiger partial charge in [-0.1, -0.05) is 18.2 Å². The summed E-state index contributed by atoms with van der Waals surface area (Å²) >= 11 is 0. The molecule has 0 bridgehead atoms. The Morgan fingerprint density at radius 2 is 2.05 bits per heavy atom. The van der Waals surface area contributed by atoms with Gasteiger partial charge in [-0.2, -0.15) is 5.26 Å². The van der Waals surface area contributed by atoms with Gasteiger partial charge < -0.3 is 0 Å². The molecule has 1 N–H and O–H groups in total. The van der Waals surface area contributed by atoms with E-state index in [0.717, 1.165) is 19.5 Å². The molecular weight excluding hydrogens is 286 g/mol. The predicted octanol–water partition coefficient (Wildman–Crippen LogP) is 1.21. The lowest BCUT2D eigenvalue weighted by atomic mass is 10.1. The first-order chi connectivity index (χ1) is 10.1. The molecule has 1 aliphatic carbocycles. The van der Waals surface area contributed by atoms with Crippen LogP contribution in [0.1, 0.15) is 30.4 Å². The van der Waals surface area contributed by atoms with Gasteiger partial charge in [-0.25, -0.2) is 13.1 Å². The highest BCUT2D eigenvalue weighted by Crippen LogP contribution is 2.30. The number of benzene rings is 1. The normalized spacial score (nSPS) is 23.1. The second-order valence-electron chi connectivity index (χ2n) is 5.86. The Kier molecular flexibility index (Phi) is 3.98. The lowest BCUT2D eigenvalue weighted by Gasteiger charge is -2.16. The Balaban J connectivity index is 1.63. The van der Waals surface area contributed by atoms with Crippen LogP contribution in [0.5, 0.6) is 0 Å². The third kappa shape index (κ3) is 3.62. The SMILES string of the molecule is N#Cc1ccccc1CS(=O)(=O)NC1CCN(C2CC2)C1. The van der Waals surface area contributed by atoms with Crippen LogP contribution in [0, 0.1) is 11.3 Å². The van der Waals surface area contributed by atoms with E-state index >= 15 is 0 Å². The smallest absolute Gasteiger partial charge is 0.216 e. The lowest BCUT2D eigenvalue weighted by Crippen LogP contribution is -2.38. The van der Waals surface area contributed by atoms with Crippen molar-refractivity contribution in [1.82, 2.24) is 9.62 Å². The molecule has 3 rings (SSSR count). The van der Waals surface area contributed by atoms with Crippen LogP contribution < -0.4 is 4.72 Å². The van der Waals surface area contributed by atoms with Gasteiger partial charge in [0.1, 0.15) is 0 Å². The molecule has 6 heteroatoms. The van der Waals surface area contributed by atoms with Crippen LogP contribution in [0.4, 0.5) is 0 Å². The molecule has 1 saturated carbocycles. The molecule has 0 amide bonds. The summed E-state index contributed by atoms with van der Waals surface area (Å²) in [5.74, 6) is -0.128. The van der Waals surface area contributed by atoms with Crippen LogP contribution in [-0.4, -0.2) is 38.5 Å². The van der Waals surface area contributed by atoms with E-state index in [1.165, 1.54) is 12.8 Å². The van der Waals surface area contributed by atoms with Crippen molar-refractivity contribution in [2.45, 2.75) is 37.1 Å². The molecule has 0 aromatic heterocycles. The van der Waals surface area contributed by atoms with E-state index in [1.807, 2.05) is 6.07 Å². The molecule has 1 atom stereocenters. The number of likely N-dealkylation sites (tertiary alicyclic amines) is 1. The van der Waals surface area contributed by atoms with E-state index in [4.69, 9.17) is 5.26 Å². The van der Waals surface area contributed by atoms with E-state index in [9.17, 15) is 8.42 Å². The van der Waals surface area contributed by atoms with Crippen LogP contribution >= 0.6 is 0 Å². The van der Waals surface area contributed by atoms with Crippen molar-refractivity contribution >= 4 is 10.0 Å². The number of rotatable bonds is 5. The summed E-state index contributed by atoms with van der Waals surface area (Å²) < 4.78 is 27.3. The van der Waals surface area contributed by atoms with Gasteiger partial charge in [0.15, 0.2) is 0 Å². The van der Waals surface area contributed by atoms with Gasteiger partial charge in [0.25, 0.3) is 0 Å². The van der Waals surface area contributed by atoms with Gasteiger partial charge in [-0.3, -0.25) is 4.90 Å². The highest BCUT2D eigenvalue weighted by atomic mass is 32.2. The minimum Gasteiger partial charge on any atom is -0.299 e. The van der Waals surface area contributed by atoms with Crippen LogP contribution in [0.25, 0.3) is 0 Å². The topological polar surface area (TPSA) is 73.2 Å². The maximum atomic E-state index is 12.3. The zero-order chi connectivity index (χ0) is 14.9. The largest absolute Gasteiger partial charge is 0.299 e.